The van der Waals surface area contributed by atoms with E-state index in [9.17, 15) is 0 Å². The Labute approximate surface area is 112 Å². The molecule has 0 saturated carbocycles. The molecule has 2 atom stereocenters. The Kier molecular flexibility index (Phi) is 5.12. The summed E-state index contributed by atoms with van der Waals surface area (Å²) in [5.41, 5.74) is 0. The number of rotatable bonds is 6. The van der Waals surface area contributed by atoms with Crippen molar-refractivity contribution in [1.29, 1.82) is 0 Å². The van der Waals surface area contributed by atoms with Gasteiger partial charge in [0.1, 0.15) is 0 Å². The number of ether oxygens (including phenoxy) is 1. The van der Waals surface area contributed by atoms with Crippen molar-refractivity contribution >= 4 is 6.01 Å². The molecule has 2 N–H and O–H groups in total. The second kappa shape index (κ2) is 6.83. The van der Waals surface area contributed by atoms with Crippen LogP contribution in [0.3, 0.4) is 0 Å². The number of anilines is 1. The Balaban J connectivity index is 1.96. The number of aliphatic hydroxyl groups is 1. The van der Waals surface area contributed by atoms with Crippen molar-refractivity contribution in [2.75, 3.05) is 37.7 Å². The molecule has 2 unspecified atom stereocenters. The lowest BCUT2D eigenvalue weighted by atomic mass is 10.3. The van der Waals surface area contributed by atoms with E-state index in [1.165, 1.54) is 0 Å². The highest BCUT2D eigenvalue weighted by atomic mass is 16.5. The van der Waals surface area contributed by atoms with E-state index in [0.29, 0.717) is 31.6 Å². The summed E-state index contributed by atoms with van der Waals surface area (Å²) in [5, 5.41) is 20.6. The first-order valence-electron chi connectivity index (χ1n) is 6.78. The molecule has 1 aliphatic heterocycles. The molecular formula is C12H22N4O3. The minimum absolute atomic E-state index is 0.00591. The molecule has 2 rings (SSSR count). The second-order valence-electron chi connectivity index (χ2n) is 4.72. The first-order valence-corrected chi connectivity index (χ1v) is 6.78. The molecule has 0 radical (unpaired) electrons. The highest BCUT2D eigenvalue weighted by Crippen LogP contribution is 2.19. The summed E-state index contributed by atoms with van der Waals surface area (Å²) in [4.78, 5) is 1.95. The molecule has 0 aromatic carbocycles. The number of aliphatic hydroxyl groups excluding tert-OH is 1. The zero-order valence-corrected chi connectivity index (χ0v) is 11.5. The van der Waals surface area contributed by atoms with Crippen molar-refractivity contribution in [1.82, 2.24) is 15.5 Å². The van der Waals surface area contributed by atoms with Gasteiger partial charge in [-0.3, -0.25) is 0 Å². The lowest BCUT2D eigenvalue weighted by Gasteiger charge is -2.30. The smallest absolute Gasteiger partial charge is 0.318 e. The number of morpholine rings is 1. The number of aromatic nitrogens is 2. The van der Waals surface area contributed by atoms with Crippen molar-refractivity contribution < 1.29 is 14.3 Å². The highest BCUT2D eigenvalue weighted by molar-refractivity contribution is 5.25. The van der Waals surface area contributed by atoms with Crippen molar-refractivity contribution in [2.45, 2.75) is 32.4 Å². The van der Waals surface area contributed by atoms with Gasteiger partial charge in [0.25, 0.3) is 0 Å². The third kappa shape index (κ3) is 3.65. The Bertz CT molecular complexity index is 385. The van der Waals surface area contributed by atoms with Crippen molar-refractivity contribution in [3.63, 3.8) is 0 Å². The van der Waals surface area contributed by atoms with Gasteiger partial charge < -0.3 is 24.5 Å². The van der Waals surface area contributed by atoms with E-state index in [0.717, 1.165) is 13.0 Å². The topological polar surface area (TPSA) is 83.7 Å². The monoisotopic (exact) mass is 270 g/mol. The molecule has 2 heterocycles. The number of nitrogens with zero attached hydrogens (tertiary/aromatic N) is 3. The molecular weight excluding hydrogens is 248 g/mol. The van der Waals surface area contributed by atoms with Crippen LogP contribution in [0.4, 0.5) is 6.01 Å². The molecule has 7 nitrogen and oxygen atoms in total. The fraction of sp³-hybridized carbons (Fsp3) is 0.833. The lowest BCUT2D eigenvalue weighted by Crippen LogP contribution is -2.44. The molecule has 0 amide bonds. The average Bonchev–Trinajstić information content (AvgIpc) is 2.94. The van der Waals surface area contributed by atoms with E-state index in [-0.39, 0.29) is 18.8 Å². The summed E-state index contributed by atoms with van der Waals surface area (Å²) < 4.78 is 11.1. The van der Waals surface area contributed by atoms with Gasteiger partial charge >= 0.3 is 6.01 Å². The minimum Gasteiger partial charge on any atom is -0.406 e. The average molecular weight is 270 g/mol. The van der Waals surface area contributed by atoms with Gasteiger partial charge in [-0.2, -0.15) is 0 Å². The van der Waals surface area contributed by atoms with Crippen LogP contribution >= 0.6 is 0 Å². The molecule has 1 fully saturated rings. The summed E-state index contributed by atoms with van der Waals surface area (Å²) in [7, 11) is 0. The van der Waals surface area contributed by atoms with Crippen LogP contribution in [-0.2, 0) is 4.74 Å². The quantitative estimate of drug-likeness (QED) is 0.770. The van der Waals surface area contributed by atoms with Crippen LogP contribution in [0, 0.1) is 0 Å². The Morgan fingerprint density at radius 3 is 3.11 bits per heavy atom. The predicted molar refractivity (Wildman–Crippen MR) is 70.0 cm³/mol. The van der Waals surface area contributed by atoms with Crippen LogP contribution in [0.2, 0.25) is 0 Å². The van der Waals surface area contributed by atoms with E-state index in [2.05, 4.69) is 22.4 Å². The summed E-state index contributed by atoms with van der Waals surface area (Å²) in [6.07, 6.45) is 0.882. The molecule has 1 aromatic heterocycles. The maximum atomic E-state index is 9.12. The predicted octanol–water partition coefficient (Wildman–Crippen LogP) is 0.328. The van der Waals surface area contributed by atoms with E-state index < -0.39 is 0 Å². The summed E-state index contributed by atoms with van der Waals surface area (Å²) >= 11 is 0. The van der Waals surface area contributed by atoms with Crippen molar-refractivity contribution in [3.05, 3.63) is 5.89 Å². The zero-order chi connectivity index (χ0) is 13.7. The molecule has 1 saturated heterocycles. The fourth-order valence-corrected chi connectivity index (χ4v) is 1.98. The number of hydrogen-bond donors (Lipinski definition) is 2. The molecule has 108 valence electrons. The third-order valence-corrected chi connectivity index (χ3v) is 3.11. The Morgan fingerprint density at radius 1 is 1.53 bits per heavy atom. The lowest BCUT2D eigenvalue weighted by molar-refractivity contribution is 0.00222. The van der Waals surface area contributed by atoms with Gasteiger partial charge in [-0.25, -0.2) is 0 Å². The van der Waals surface area contributed by atoms with Crippen molar-refractivity contribution in [3.8, 4) is 0 Å². The molecule has 1 aromatic rings. The summed E-state index contributed by atoms with van der Waals surface area (Å²) in [5.74, 6) is 0.593. The van der Waals surface area contributed by atoms with Crippen LogP contribution in [0.5, 0.6) is 0 Å². The Hall–Kier alpha value is -1.18. The first kappa shape index (κ1) is 14.2. The van der Waals surface area contributed by atoms with Crippen LogP contribution in [-0.4, -0.2) is 54.3 Å². The Morgan fingerprint density at radius 2 is 2.37 bits per heavy atom. The van der Waals surface area contributed by atoms with Crippen LogP contribution < -0.4 is 10.2 Å². The highest BCUT2D eigenvalue weighted by Gasteiger charge is 2.24. The molecule has 1 aliphatic rings. The van der Waals surface area contributed by atoms with Gasteiger partial charge in [0.2, 0.25) is 5.89 Å². The maximum absolute atomic E-state index is 9.12. The fourth-order valence-electron chi connectivity index (χ4n) is 1.98. The number of hydrogen-bond acceptors (Lipinski definition) is 7. The van der Waals surface area contributed by atoms with Gasteiger partial charge in [-0.05, 0) is 19.9 Å². The number of nitrogens with one attached hydrogen (secondary N) is 1. The van der Waals surface area contributed by atoms with Gasteiger partial charge in [-0.1, -0.05) is 12.0 Å². The van der Waals surface area contributed by atoms with E-state index in [1.54, 1.807) is 0 Å². The van der Waals surface area contributed by atoms with Crippen LogP contribution in [0.15, 0.2) is 4.42 Å². The van der Waals surface area contributed by atoms with E-state index in [1.807, 2.05) is 11.8 Å². The summed E-state index contributed by atoms with van der Waals surface area (Å²) in [6.45, 7) is 6.88. The minimum atomic E-state index is -0.181. The van der Waals surface area contributed by atoms with Gasteiger partial charge in [0.15, 0.2) is 0 Å². The second-order valence-corrected chi connectivity index (χ2v) is 4.72. The zero-order valence-electron chi connectivity index (χ0n) is 11.5. The van der Waals surface area contributed by atoms with Gasteiger partial charge in [0, 0.05) is 6.54 Å². The molecule has 0 bridgehead atoms. The van der Waals surface area contributed by atoms with Crippen LogP contribution in [0.25, 0.3) is 0 Å². The maximum Gasteiger partial charge on any atom is 0.318 e. The third-order valence-electron chi connectivity index (χ3n) is 3.11. The van der Waals surface area contributed by atoms with Crippen molar-refractivity contribution in [2.24, 2.45) is 0 Å². The van der Waals surface area contributed by atoms with Gasteiger partial charge in [0.05, 0.1) is 31.9 Å². The standard InChI is InChI=1S/C12H22N4O3/c1-3-4-13-9(2)11-14-15-12(19-11)16-5-6-18-10(7-16)8-17/h9-10,13,17H,3-8H2,1-2H3. The SMILES string of the molecule is CCCNC(C)c1nnc(N2CCOC(CO)C2)o1. The van der Waals surface area contributed by atoms with Gasteiger partial charge in [-0.15, -0.1) is 5.10 Å². The normalized spacial score (nSPS) is 21.6. The summed E-state index contributed by atoms with van der Waals surface area (Å²) in [6, 6.07) is 0.553. The largest absolute Gasteiger partial charge is 0.406 e. The molecule has 0 spiro atoms. The molecule has 19 heavy (non-hydrogen) atoms. The van der Waals surface area contributed by atoms with Crippen LogP contribution in [0.1, 0.15) is 32.2 Å². The first-order chi connectivity index (χ1) is 9.24. The molecule has 7 heteroatoms. The van der Waals surface area contributed by atoms with E-state index >= 15 is 0 Å². The van der Waals surface area contributed by atoms with E-state index in [4.69, 9.17) is 14.3 Å². The molecule has 0 aliphatic carbocycles.